The number of benzene rings is 1. The predicted octanol–water partition coefficient (Wildman–Crippen LogP) is 2.78. The van der Waals surface area contributed by atoms with Crippen molar-refractivity contribution in [2.45, 2.75) is 45.8 Å². The average Bonchev–Trinajstić information content (AvgIpc) is 2.80. The standard InChI is InChI=1S/C15H20BNO2/c1-10-7-6-8-11-12(9-17-13(10)11)16-18-14(2,3)15(4,5)19-16/h6-9,17H,1-5H3. The summed E-state index contributed by atoms with van der Waals surface area (Å²) < 4.78 is 12.2. The van der Waals surface area contributed by atoms with Crippen molar-refractivity contribution in [3.05, 3.63) is 30.0 Å². The topological polar surface area (TPSA) is 34.2 Å². The zero-order valence-electron chi connectivity index (χ0n) is 12.2. The summed E-state index contributed by atoms with van der Waals surface area (Å²) in [6.07, 6.45) is 2.00. The predicted molar refractivity (Wildman–Crippen MR) is 78.8 cm³/mol. The highest BCUT2D eigenvalue weighted by molar-refractivity contribution is 6.65. The number of aryl methyl sites for hydroxylation is 1. The molecule has 1 aromatic carbocycles. The SMILES string of the molecule is Cc1cccc2c(B3OC(C)(C)C(C)(C)O3)c[nH]c12. The molecule has 0 unspecified atom stereocenters. The van der Waals surface area contributed by atoms with Crippen molar-refractivity contribution in [1.82, 2.24) is 4.98 Å². The number of fused-ring (bicyclic) bond motifs is 1. The van der Waals surface area contributed by atoms with Crippen molar-refractivity contribution < 1.29 is 9.31 Å². The summed E-state index contributed by atoms with van der Waals surface area (Å²) in [4.78, 5) is 3.33. The molecule has 1 aliphatic rings. The largest absolute Gasteiger partial charge is 0.497 e. The van der Waals surface area contributed by atoms with Gasteiger partial charge in [0.2, 0.25) is 0 Å². The lowest BCUT2D eigenvalue weighted by atomic mass is 9.79. The van der Waals surface area contributed by atoms with E-state index in [2.05, 4.69) is 57.8 Å². The molecule has 0 spiro atoms. The Kier molecular flexibility index (Phi) is 2.60. The number of aromatic amines is 1. The number of para-hydroxylation sites is 1. The van der Waals surface area contributed by atoms with Crippen LogP contribution in [-0.2, 0) is 9.31 Å². The van der Waals surface area contributed by atoms with Crippen LogP contribution in [0.15, 0.2) is 24.4 Å². The molecule has 0 saturated carbocycles. The maximum atomic E-state index is 6.11. The van der Waals surface area contributed by atoms with E-state index in [1.165, 1.54) is 10.9 Å². The normalized spacial score (nSPS) is 21.2. The van der Waals surface area contributed by atoms with Crippen LogP contribution in [0.4, 0.5) is 0 Å². The lowest BCUT2D eigenvalue weighted by Crippen LogP contribution is -2.41. The molecule has 100 valence electrons. The Balaban J connectivity index is 2.06. The van der Waals surface area contributed by atoms with Crippen LogP contribution >= 0.6 is 0 Å². The van der Waals surface area contributed by atoms with Gasteiger partial charge in [-0.1, -0.05) is 18.2 Å². The van der Waals surface area contributed by atoms with Crippen molar-refractivity contribution in [3.63, 3.8) is 0 Å². The summed E-state index contributed by atoms with van der Waals surface area (Å²) in [7, 11) is -0.305. The van der Waals surface area contributed by atoms with Crippen LogP contribution in [0.2, 0.25) is 0 Å². The fourth-order valence-electron chi connectivity index (χ4n) is 2.49. The molecule has 4 heteroatoms. The van der Waals surface area contributed by atoms with Crippen molar-refractivity contribution in [2.75, 3.05) is 0 Å². The van der Waals surface area contributed by atoms with Gasteiger partial charge >= 0.3 is 7.12 Å². The van der Waals surface area contributed by atoms with E-state index >= 15 is 0 Å². The minimum atomic E-state index is -0.305. The molecule has 1 aromatic heterocycles. The van der Waals surface area contributed by atoms with Gasteiger partial charge < -0.3 is 14.3 Å². The molecule has 1 fully saturated rings. The molecule has 0 amide bonds. The van der Waals surface area contributed by atoms with Gasteiger partial charge in [-0.3, -0.25) is 0 Å². The minimum Gasteiger partial charge on any atom is -0.399 e. The Hall–Kier alpha value is -1.26. The van der Waals surface area contributed by atoms with Gasteiger partial charge in [0.25, 0.3) is 0 Å². The summed E-state index contributed by atoms with van der Waals surface area (Å²) in [5, 5.41) is 1.18. The molecule has 0 atom stereocenters. The number of rotatable bonds is 1. The summed E-state index contributed by atoms with van der Waals surface area (Å²) in [6, 6.07) is 6.28. The zero-order chi connectivity index (χ0) is 13.8. The fourth-order valence-corrected chi connectivity index (χ4v) is 2.49. The third-order valence-corrected chi connectivity index (χ3v) is 4.46. The second-order valence-corrected chi connectivity index (χ2v) is 6.33. The van der Waals surface area contributed by atoms with E-state index in [1.807, 2.05) is 6.20 Å². The highest BCUT2D eigenvalue weighted by Gasteiger charge is 2.52. The summed E-state index contributed by atoms with van der Waals surface area (Å²) in [5.41, 5.74) is 2.88. The lowest BCUT2D eigenvalue weighted by Gasteiger charge is -2.32. The summed E-state index contributed by atoms with van der Waals surface area (Å²) in [5.74, 6) is 0. The first-order valence-corrected chi connectivity index (χ1v) is 6.74. The molecule has 3 nitrogen and oxygen atoms in total. The molecule has 19 heavy (non-hydrogen) atoms. The third kappa shape index (κ3) is 1.82. The first-order chi connectivity index (χ1) is 8.82. The first-order valence-electron chi connectivity index (χ1n) is 6.74. The van der Waals surface area contributed by atoms with E-state index in [1.54, 1.807) is 0 Å². The summed E-state index contributed by atoms with van der Waals surface area (Å²) >= 11 is 0. The molecule has 0 bridgehead atoms. The van der Waals surface area contributed by atoms with Gasteiger partial charge in [-0.05, 0) is 45.6 Å². The highest BCUT2D eigenvalue weighted by atomic mass is 16.7. The van der Waals surface area contributed by atoms with Gasteiger partial charge in [0, 0.05) is 17.2 Å². The second-order valence-electron chi connectivity index (χ2n) is 6.33. The van der Waals surface area contributed by atoms with Crippen molar-refractivity contribution >= 4 is 23.5 Å². The Labute approximate surface area is 114 Å². The van der Waals surface area contributed by atoms with E-state index in [-0.39, 0.29) is 18.3 Å². The van der Waals surface area contributed by atoms with Crippen molar-refractivity contribution in [3.8, 4) is 0 Å². The van der Waals surface area contributed by atoms with E-state index in [0.717, 1.165) is 11.0 Å². The van der Waals surface area contributed by atoms with Crippen molar-refractivity contribution in [2.24, 2.45) is 0 Å². The van der Waals surface area contributed by atoms with Gasteiger partial charge in [-0.25, -0.2) is 0 Å². The molecular formula is C15H20BNO2. The molecular weight excluding hydrogens is 237 g/mol. The smallest absolute Gasteiger partial charge is 0.399 e. The quantitative estimate of drug-likeness (QED) is 0.797. The number of H-pyrrole nitrogens is 1. The first kappa shape index (κ1) is 12.8. The summed E-state index contributed by atoms with van der Waals surface area (Å²) in [6.45, 7) is 10.4. The van der Waals surface area contributed by atoms with Crippen LogP contribution in [0, 0.1) is 6.92 Å². The minimum absolute atomic E-state index is 0.301. The molecule has 3 rings (SSSR count). The van der Waals surface area contributed by atoms with E-state index in [0.29, 0.717) is 0 Å². The Bertz CT molecular complexity index is 614. The monoisotopic (exact) mass is 257 g/mol. The second kappa shape index (κ2) is 3.87. The Morgan fingerprint density at radius 1 is 1.05 bits per heavy atom. The van der Waals surface area contributed by atoms with Gasteiger partial charge in [0.1, 0.15) is 0 Å². The number of nitrogens with one attached hydrogen (secondary N) is 1. The van der Waals surface area contributed by atoms with Crippen LogP contribution in [0.25, 0.3) is 10.9 Å². The number of hydrogen-bond acceptors (Lipinski definition) is 2. The van der Waals surface area contributed by atoms with Crippen LogP contribution in [0.1, 0.15) is 33.3 Å². The van der Waals surface area contributed by atoms with Gasteiger partial charge in [-0.15, -0.1) is 0 Å². The van der Waals surface area contributed by atoms with Crippen LogP contribution in [-0.4, -0.2) is 23.3 Å². The van der Waals surface area contributed by atoms with Crippen molar-refractivity contribution in [1.29, 1.82) is 0 Å². The van der Waals surface area contributed by atoms with E-state index in [9.17, 15) is 0 Å². The van der Waals surface area contributed by atoms with Crippen LogP contribution < -0.4 is 5.46 Å². The van der Waals surface area contributed by atoms with Gasteiger partial charge in [0.15, 0.2) is 0 Å². The molecule has 0 radical (unpaired) electrons. The fraction of sp³-hybridized carbons (Fsp3) is 0.467. The molecule has 1 saturated heterocycles. The molecule has 1 aliphatic heterocycles. The number of aromatic nitrogens is 1. The zero-order valence-corrected chi connectivity index (χ0v) is 12.2. The molecule has 2 heterocycles. The number of hydrogen-bond donors (Lipinski definition) is 1. The maximum absolute atomic E-state index is 6.11. The van der Waals surface area contributed by atoms with Gasteiger partial charge in [0.05, 0.1) is 11.2 Å². The van der Waals surface area contributed by atoms with Crippen LogP contribution in [0.3, 0.4) is 0 Å². The molecule has 1 N–H and O–H groups in total. The van der Waals surface area contributed by atoms with Gasteiger partial charge in [-0.2, -0.15) is 0 Å². The maximum Gasteiger partial charge on any atom is 0.497 e. The Morgan fingerprint density at radius 2 is 1.68 bits per heavy atom. The average molecular weight is 257 g/mol. The lowest BCUT2D eigenvalue weighted by molar-refractivity contribution is 0.00578. The van der Waals surface area contributed by atoms with Crippen LogP contribution in [0.5, 0.6) is 0 Å². The van der Waals surface area contributed by atoms with E-state index in [4.69, 9.17) is 9.31 Å². The molecule has 2 aromatic rings. The highest BCUT2D eigenvalue weighted by Crippen LogP contribution is 2.37. The third-order valence-electron chi connectivity index (χ3n) is 4.46. The van der Waals surface area contributed by atoms with E-state index < -0.39 is 0 Å². The molecule has 0 aliphatic carbocycles. The Morgan fingerprint density at radius 3 is 2.32 bits per heavy atom.